The molecule has 2 N–H and O–H groups in total. The van der Waals surface area contributed by atoms with E-state index in [1.54, 1.807) is 0 Å². The maximum atomic E-state index is 11.5. The smallest absolute Gasteiger partial charge is 0.320 e. The van der Waals surface area contributed by atoms with Crippen molar-refractivity contribution in [1.82, 2.24) is 9.80 Å². The molecule has 0 aliphatic carbocycles. The first kappa shape index (κ1) is 15.3. The first-order valence-electron chi connectivity index (χ1n) is 6.35. The van der Waals surface area contributed by atoms with E-state index in [1.807, 2.05) is 20.8 Å². The molecule has 1 rings (SSSR count). The van der Waals surface area contributed by atoms with Gasteiger partial charge < -0.3 is 10.5 Å². The van der Waals surface area contributed by atoms with Crippen LogP contribution in [-0.2, 0) is 9.53 Å². The Hall–Kier alpha value is -0.720. The lowest BCUT2D eigenvalue weighted by Gasteiger charge is -2.37. The molecule has 104 valence electrons. The van der Waals surface area contributed by atoms with E-state index in [0.29, 0.717) is 11.5 Å². The lowest BCUT2D eigenvalue weighted by atomic mass is 10.2. The summed E-state index contributed by atoms with van der Waals surface area (Å²) < 4.78 is 5.13. The second-order valence-corrected chi connectivity index (χ2v) is 5.40. The minimum atomic E-state index is -0.152. The number of esters is 1. The van der Waals surface area contributed by atoms with Gasteiger partial charge in [-0.1, -0.05) is 12.2 Å². The summed E-state index contributed by atoms with van der Waals surface area (Å²) in [7, 11) is 0. The highest BCUT2D eigenvalue weighted by Crippen LogP contribution is 2.07. The van der Waals surface area contributed by atoms with Gasteiger partial charge in [-0.2, -0.15) is 0 Å². The van der Waals surface area contributed by atoms with Crippen LogP contribution in [0.15, 0.2) is 0 Å². The Morgan fingerprint density at radius 1 is 1.28 bits per heavy atom. The second-order valence-electron chi connectivity index (χ2n) is 4.93. The third kappa shape index (κ3) is 4.88. The number of nitrogens with two attached hydrogens (primary N) is 1. The monoisotopic (exact) mass is 273 g/mol. The van der Waals surface area contributed by atoms with Crippen LogP contribution in [0.2, 0.25) is 0 Å². The summed E-state index contributed by atoms with van der Waals surface area (Å²) in [6.07, 6.45) is -0.0478. The summed E-state index contributed by atoms with van der Waals surface area (Å²) >= 11 is 4.99. The number of hydrogen-bond donors (Lipinski definition) is 1. The number of carbonyl (C=O) groups is 1. The van der Waals surface area contributed by atoms with Crippen molar-refractivity contribution >= 4 is 23.2 Å². The zero-order chi connectivity index (χ0) is 13.7. The molecule has 0 bridgehead atoms. The predicted molar refractivity (Wildman–Crippen MR) is 75.5 cm³/mol. The first-order valence-corrected chi connectivity index (χ1v) is 6.76. The van der Waals surface area contributed by atoms with Crippen LogP contribution in [0.4, 0.5) is 0 Å². The Balaban J connectivity index is 2.31. The zero-order valence-corrected chi connectivity index (χ0v) is 12.2. The number of rotatable bonds is 5. The van der Waals surface area contributed by atoms with Gasteiger partial charge in [-0.15, -0.1) is 0 Å². The molecule has 0 amide bonds. The fourth-order valence-corrected chi connectivity index (χ4v) is 2.12. The van der Waals surface area contributed by atoms with Crippen LogP contribution >= 0.6 is 12.2 Å². The van der Waals surface area contributed by atoms with E-state index in [0.717, 1.165) is 26.2 Å². The maximum Gasteiger partial charge on any atom is 0.320 e. The number of hydrogen-bond acceptors (Lipinski definition) is 5. The molecule has 1 aliphatic rings. The van der Waals surface area contributed by atoms with Crippen molar-refractivity contribution < 1.29 is 9.53 Å². The van der Waals surface area contributed by atoms with Crippen LogP contribution in [0, 0.1) is 0 Å². The molecule has 1 unspecified atom stereocenters. The summed E-state index contributed by atoms with van der Waals surface area (Å²) in [4.78, 5) is 16.4. The van der Waals surface area contributed by atoms with Gasteiger partial charge in [-0.3, -0.25) is 14.6 Å². The van der Waals surface area contributed by atoms with Gasteiger partial charge in [0.1, 0.15) is 0 Å². The summed E-state index contributed by atoms with van der Waals surface area (Å²) in [5.41, 5.74) is 5.64. The van der Waals surface area contributed by atoms with Gasteiger partial charge in [-0.25, -0.2) is 0 Å². The van der Waals surface area contributed by atoms with Crippen molar-refractivity contribution in [2.45, 2.75) is 32.9 Å². The van der Waals surface area contributed by atoms with E-state index in [1.165, 1.54) is 0 Å². The fraction of sp³-hybridized carbons (Fsp3) is 0.833. The number of carbonyl (C=O) groups excluding carboxylic acids is 1. The summed E-state index contributed by atoms with van der Waals surface area (Å²) in [6.45, 7) is 9.57. The van der Waals surface area contributed by atoms with E-state index in [-0.39, 0.29) is 18.1 Å². The molecule has 1 atom stereocenters. The normalized spacial score (nSPS) is 19.8. The van der Waals surface area contributed by atoms with Gasteiger partial charge in [0, 0.05) is 26.2 Å². The number of piperazine rings is 1. The Morgan fingerprint density at radius 2 is 1.83 bits per heavy atom. The molecule has 0 aromatic heterocycles. The van der Waals surface area contributed by atoms with Gasteiger partial charge in [0.15, 0.2) is 0 Å². The van der Waals surface area contributed by atoms with E-state index >= 15 is 0 Å². The molecule has 0 radical (unpaired) electrons. The van der Waals surface area contributed by atoms with Gasteiger partial charge in [0.05, 0.1) is 23.7 Å². The molecule has 1 fully saturated rings. The molecule has 18 heavy (non-hydrogen) atoms. The minimum Gasteiger partial charge on any atom is -0.462 e. The van der Waals surface area contributed by atoms with Crippen molar-refractivity contribution in [3.63, 3.8) is 0 Å². The van der Waals surface area contributed by atoms with Crippen molar-refractivity contribution in [1.29, 1.82) is 0 Å². The molecular weight excluding hydrogens is 250 g/mol. The quantitative estimate of drug-likeness (QED) is 0.572. The maximum absolute atomic E-state index is 11.5. The third-order valence-corrected chi connectivity index (χ3v) is 3.43. The van der Waals surface area contributed by atoms with Gasteiger partial charge in [-0.05, 0) is 20.8 Å². The first-order chi connectivity index (χ1) is 8.40. The zero-order valence-electron chi connectivity index (χ0n) is 11.4. The molecule has 0 aromatic carbocycles. The fourth-order valence-electron chi connectivity index (χ4n) is 1.97. The van der Waals surface area contributed by atoms with Crippen molar-refractivity contribution in [3.8, 4) is 0 Å². The summed E-state index contributed by atoms with van der Waals surface area (Å²) in [5.74, 6) is -0.152. The average molecular weight is 273 g/mol. The Labute approximate surface area is 114 Å². The molecule has 6 heteroatoms. The molecule has 1 aliphatic heterocycles. The minimum absolute atomic E-state index is 0.0478. The number of ether oxygens (including phenoxy) is 1. The van der Waals surface area contributed by atoms with E-state index < -0.39 is 0 Å². The van der Waals surface area contributed by atoms with Crippen molar-refractivity contribution in [2.24, 2.45) is 5.73 Å². The summed E-state index contributed by atoms with van der Waals surface area (Å²) in [6, 6.07) is 0.129. The molecule has 0 saturated carbocycles. The SMILES string of the molecule is CC(C)OC(=O)CN1CCN(C(C)C(N)=S)CC1. The molecule has 5 nitrogen and oxygen atoms in total. The lowest BCUT2D eigenvalue weighted by Crippen LogP contribution is -2.53. The Bertz CT molecular complexity index is 302. The van der Waals surface area contributed by atoms with Crippen LogP contribution < -0.4 is 5.73 Å². The molecule has 1 saturated heterocycles. The van der Waals surface area contributed by atoms with Gasteiger partial charge >= 0.3 is 5.97 Å². The van der Waals surface area contributed by atoms with E-state index in [9.17, 15) is 4.79 Å². The number of thiocarbonyl (C=S) groups is 1. The molecular formula is C12H23N3O2S. The van der Waals surface area contributed by atoms with Crippen LogP contribution in [0.3, 0.4) is 0 Å². The predicted octanol–water partition coefficient (Wildman–Crippen LogP) is 0.230. The summed E-state index contributed by atoms with van der Waals surface area (Å²) in [5, 5.41) is 0. The van der Waals surface area contributed by atoms with Gasteiger partial charge in [0.2, 0.25) is 0 Å². The van der Waals surface area contributed by atoms with Crippen LogP contribution in [0.1, 0.15) is 20.8 Å². The lowest BCUT2D eigenvalue weighted by molar-refractivity contribution is -0.149. The third-order valence-electron chi connectivity index (χ3n) is 3.09. The Morgan fingerprint density at radius 3 is 2.28 bits per heavy atom. The standard InChI is InChI=1S/C12H23N3O2S/c1-9(2)17-11(16)8-14-4-6-15(7-5-14)10(3)12(13)18/h9-10H,4-8H2,1-3H3,(H2,13,18). The highest BCUT2D eigenvalue weighted by Gasteiger charge is 2.23. The topological polar surface area (TPSA) is 58.8 Å². The highest BCUT2D eigenvalue weighted by molar-refractivity contribution is 7.80. The largest absolute Gasteiger partial charge is 0.462 e. The molecule has 0 spiro atoms. The number of nitrogens with zero attached hydrogens (tertiary/aromatic N) is 2. The van der Waals surface area contributed by atoms with Gasteiger partial charge in [0.25, 0.3) is 0 Å². The van der Waals surface area contributed by atoms with Crippen LogP contribution in [-0.4, -0.2) is 65.6 Å². The average Bonchev–Trinajstić information content (AvgIpc) is 2.27. The van der Waals surface area contributed by atoms with Crippen LogP contribution in [0.5, 0.6) is 0 Å². The van der Waals surface area contributed by atoms with E-state index in [4.69, 9.17) is 22.7 Å². The molecule has 0 aromatic rings. The molecule has 1 heterocycles. The van der Waals surface area contributed by atoms with Crippen molar-refractivity contribution in [2.75, 3.05) is 32.7 Å². The van der Waals surface area contributed by atoms with Crippen LogP contribution in [0.25, 0.3) is 0 Å². The van der Waals surface area contributed by atoms with Crippen molar-refractivity contribution in [3.05, 3.63) is 0 Å². The Kier molecular flexibility index (Phi) is 5.98. The van der Waals surface area contributed by atoms with E-state index in [2.05, 4.69) is 9.80 Å². The second kappa shape index (κ2) is 7.01. The highest BCUT2D eigenvalue weighted by atomic mass is 32.1.